The number of piperidine rings is 1. The maximum Gasteiger partial charge on any atom is 0.262 e. The van der Waals surface area contributed by atoms with E-state index in [4.69, 9.17) is 9.47 Å². The molecule has 3 aliphatic heterocycles. The fourth-order valence-electron chi connectivity index (χ4n) is 8.37. The third-order valence-corrected chi connectivity index (χ3v) is 12.2. The smallest absolute Gasteiger partial charge is 0.262 e. The number of anilines is 2. The lowest BCUT2D eigenvalue weighted by molar-refractivity contribution is -0.137. The number of benzene rings is 3. The third kappa shape index (κ3) is 10.8. The van der Waals surface area contributed by atoms with Gasteiger partial charge in [0, 0.05) is 63.7 Å². The molecule has 5 heterocycles. The van der Waals surface area contributed by atoms with E-state index in [1.54, 1.807) is 34.2 Å². The highest BCUT2D eigenvalue weighted by molar-refractivity contribution is 6.23. The number of hydrogen-bond acceptors (Lipinski definition) is 14. The van der Waals surface area contributed by atoms with Crippen LogP contribution < -0.4 is 25.6 Å². The molecule has 354 valence electrons. The number of hydrogen-bond donors (Lipinski definition) is 3. The summed E-state index contributed by atoms with van der Waals surface area (Å²) in [5, 5.41) is 17.1. The van der Waals surface area contributed by atoms with Gasteiger partial charge in [0.1, 0.15) is 36.2 Å². The standard InChI is InChI=1S/C48H52FN11O8/c1-30(53-45(63)32-10-7-11-33(23-32)51-27-41-55-56-44(57(41)2)38-15-16-50-29-52-38)31-9-8-12-34(24-31)68-22-6-4-3-5-21-67-28-43(62)59-19-17-58(18-20-59)40-26-36-35(25-37(40)49)47(65)60(48(36)66)39-13-14-42(61)54-46(39)64/h7-12,15-16,23-26,29-30,39,51H,3-6,13-14,17-22,27-28H2,1-2H3,(H,53,63)(H,54,61,64)/t30-,39?/m1/s1. The van der Waals surface area contributed by atoms with Gasteiger partial charge in [0.15, 0.2) is 11.6 Å². The average Bonchev–Trinajstić information content (AvgIpc) is 3.83. The summed E-state index contributed by atoms with van der Waals surface area (Å²) < 4.78 is 28.9. The zero-order valence-electron chi connectivity index (χ0n) is 37.8. The fraction of sp³-hybridized carbons (Fsp3) is 0.375. The van der Waals surface area contributed by atoms with Gasteiger partial charge < -0.3 is 34.5 Å². The predicted octanol–water partition coefficient (Wildman–Crippen LogP) is 4.22. The lowest BCUT2D eigenvalue weighted by Gasteiger charge is -2.36. The summed E-state index contributed by atoms with van der Waals surface area (Å²) in [5.41, 5.74) is 2.86. The lowest BCUT2D eigenvalue weighted by Crippen LogP contribution is -2.54. The lowest BCUT2D eigenvalue weighted by atomic mass is 10.0. The van der Waals surface area contributed by atoms with Crippen LogP contribution in [0.1, 0.15) is 94.0 Å². The maximum absolute atomic E-state index is 15.3. The molecule has 1 unspecified atom stereocenters. The van der Waals surface area contributed by atoms with Crippen LogP contribution in [0, 0.1) is 5.82 Å². The van der Waals surface area contributed by atoms with Crippen LogP contribution in [0.5, 0.6) is 5.75 Å². The second-order valence-corrected chi connectivity index (χ2v) is 16.8. The molecular weight excluding hydrogens is 878 g/mol. The fourth-order valence-corrected chi connectivity index (χ4v) is 8.37. The van der Waals surface area contributed by atoms with Gasteiger partial charge in [-0.05, 0) is 86.7 Å². The van der Waals surface area contributed by atoms with Crippen LogP contribution in [0.2, 0.25) is 0 Å². The number of ether oxygens (including phenoxy) is 2. The largest absolute Gasteiger partial charge is 0.494 e. The topological polar surface area (TPSA) is 223 Å². The van der Waals surface area contributed by atoms with Crippen molar-refractivity contribution < 1.29 is 42.6 Å². The van der Waals surface area contributed by atoms with E-state index >= 15 is 4.39 Å². The average molecular weight is 930 g/mol. The van der Waals surface area contributed by atoms with Crippen molar-refractivity contribution in [2.45, 2.75) is 64.1 Å². The molecular formula is C48H52FN11O8. The van der Waals surface area contributed by atoms with E-state index in [1.807, 2.05) is 54.9 Å². The quantitative estimate of drug-likeness (QED) is 0.0780. The molecule has 8 rings (SSSR count). The normalized spacial score (nSPS) is 16.4. The summed E-state index contributed by atoms with van der Waals surface area (Å²) in [6, 6.07) is 17.7. The molecule has 2 saturated heterocycles. The first-order valence-corrected chi connectivity index (χ1v) is 22.6. The summed E-state index contributed by atoms with van der Waals surface area (Å²) in [5.74, 6) is -1.72. The molecule has 2 fully saturated rings. The van der Waals surface area contributed by atoms with Crippen LogP contribution in [0.15, 0.2) is 79.3 Å². The van der Waals surface area contributed by atoms with Gasteiger partial charge in [-0.3, -0.25) is 39.0 Å². The molecule has 0 radical (unpaired) electrons. The van der Waals surface area contributed by atoms with E-state index in [2.05, 4.69) is 36.1 Å². The number of unbranched alkanes of at least 4 members (excludes halogenated alkanes) is 3. The Morgan fingerprint density at radius 2 is 1.66 bits per heavy atom. The molecule has 6 amide bonds. The van der Waals surface area contributed by atoms with Crippen LogP contribution in [0.4, 0.5) is 15.8 Å². The molecule has 20 heteroatoms. The van der Waals surface area contributed by atoms with E-state index in [-0.39, 0.29) is 54.1 Å². The monoisotopic (exact) mass is 929 g/mol. The summed E-state index contributed by atoms with van der Waals surface area (Å²) in [6.45, 7) is 4.45. The van der Waals surface area contributed by atoms with Crippen LogP contribution in [0.25, 0.3) is 11.5 Å². The molecule has 0 saturated carbocycles. The molecule has 2 aromatic heterocycles. The highest BCUT2D eigenvalue weighted by Crippen LogP contribution is 2.33. The Balaban J connectivity index is 0.696. The van der Waals surface area contributed by atoms with Crippen molar-refractivity contribution in [2.24, 2.45) is 7.05 Å². The number of carbonyl (C=O) groups excluding carboxylic acids is 6. The highest BCUT2D eigenvalue weighted by Gasteiger charge is 2.45. The Kier molecular flexibility index (Phi) is 14.7. The molecule has 0 bridgehead atoms. The number of halogens is 1. The van der Waals surface area contributed by atoms with Crippen molar-refractivity contribution in [3.05, 3.63) is 113 Å². The number of fused-ring (bicyclic) bond motifs is 1. The second-order valence-electron chi connectivity index (χ2n) is 16.8. The van der Waals surface area contributed by atoms with Gasteiger partial charge in [0.25, 0.3) is 17.7 Å². The van der Waals surface area contributed by atoms with E-state index < -0.39 is 35.5 Å². The SMILES string of the molecule is C[C@@H](NC(=O)c1cccc(NCc2nnc(-c3ccncn3)n2C)c1)c1cccc(OCCCCCCOCC(=O)N2CCN(c3cc4c(cc3F)C(=O)N(C3CCC(=O)NC3=O)C4=O)CC2)c1. The van der Waals surface area contributed by atoms with Gasteiger partial charge in [-0.15, -0.1) is 10.2 Å². The number of amides is 6. The zero-order chi connectivity index (χ0) is 47.7. The predicted molar refractivity (Wildman–Crippen MR) is 245 cm³/mol. The van der Waals surface area contributed by atoms with Crippen molar-refractivity contribution in [1.29, 1.82) is 0 Å². The number of nitrogens with one attached hydrogen (secondary N) is 3. The van der Waals surface area contributed by atoms with E-state index in [9.17, 15) is 28.8 Å². The van der Waals surface area contributed by atoms with Crippen molar-refractivity contribution >= 4 is 46.8 Å². The molecule has 3 aromatic carbocycles. The molecule has 5 aromatic rings. The molecule has 68 heavy (non-hydrogen) atoms. The number of rotatable bonds is 19. The minimum absolute atomic E-state index is 0.00432. The first kappa shape index (κ1) is 46.9. The molecule has 2 atom stereocenters. The molecule has 3 N–H and O–H groups in total. The van der Waals surface area contributed by atoms with Crippen LogP contribution in [-0.4, -0.2) is 122 Å². The minimum atomic E-state index is -1.14. The molecule has 19 nitrogen and oxygen atoms in total. The van der Waals surface area contributed by atoms with Crippen LogP contribution in [0.3, 0.4) is 0 Å². The Hall–Kier alpha value is -7.61. The zero-order valence-corrected chi connectivity index (χ0v) is 37.8. The number of imide groups is 2. The Morgan fingerprint density at radius 3 is 2.43 bits per heavy atom. The Bertz CT molecular complexity index is 2690. The summed E-state index contributed by atoms with van der Waals surface area (Å²) in [6.07, 6.45) is 6.52. The maximum atomic E-state index is 15.3. The Labute approximate surface area is 391 Å². The number of carbonyl (C=O) groups is 6. The highest BCUT2D eigenvalue weighted by atomic mass is 19.1. The van der Waals surface area contributed by atoms with Gasteiger partial charge in [-0.2, -0.15) is 0 Å². The first-order valence-electron chi connectivity index (χ1n) is 22.6. The van der Waals surface area contributed by atoms with Gasteiger partial charge >= 0.3 is 0 Å². The van der Waals surface area contributed by atoms with Gasteiger partial charge in [-0.1, -0.05) is 24.6 Å². The van der Waals surface area contributed by atoms with E-state index in [0.717, 1.165) is 47.9 Å². The minimum Gasteiger partial charge on any atom is -0.494 e. The third-order valence-electron chi connectivity index (χ3n) is 12.2. The Morgan fingerprint density at radius 1 is 0.897 bits per heavy atom. The number of piperazine rings is 1. The van der Waals surface area contributed by atoms with Crippen molar-refractivity contribution in [3.63, 3.8) is 0 Å². The van der Waals surface area contributed by atoms with E-state index in [1.165, 1.54) is 12.4 Å². The summed E-state index contributed by atoms with van der Waals surface area (Å²) >= 11 is 0. The number of aromatic nitrogens is 5. The molecule has 3 aliphatic rings. The molecule has 0 spiro atoms. The van der Waals surface area contributed by atoms with Crippen LogP contribution in [-0.2, 0) is 32.7 Å². The van der Waals surface area contributed by atoms with Crippen molar-refractivity contribution in [2.75, 3.05) is 56.2 Å². The van der Waals surface area contributed by atoms with Gasteiger partial charge in [0.2, 0.25) is 17.7 Å². The van der Waals surface area contributed by atoms with Gasteiger partial charge in [-0.25, -0.2) is 14.4 Å². The summed E-state index contributed by atoms with van der Waals surface area (Å²) in [7, 11) is 1.87. The molecule has 0 aliphatic carbocycles. The summed E-state index contributed by atoms with van der Waals surface area (Å²) in [4.78, 5) is 88.9. The van der Waals surface area contributed by atoms with Gasteiger partial charge in [0.05, 0.1) is 36.0 Å². The van der Waals surface area contributed by atoms with E-state index in [0.29, 0.717) is 74.6 Å². The first-order chi connectivity index (χ1) is 32.9. The number of nitrogens with zero attached hydrogens (tertiary/aromatic N) is 8. The van der Waals surface area contributed by atoms with Crippen molar-refractivity contribution in [3.8, 4) is 17.3 Å². The second kappa shape index (κ2) is 21.3. The van der Waals surface area contributed by atoms with Crippen molar-refractivity contribution in [1.82, 2.24) is 45.2 Å². The van der Waals surface area contributed by atoms with Crippen LogP contribution >= 0.6 is 0 Å².